The molecule has 0 aliphatic heterocycles. The number of fused-ring (bicyclic) bond motifs is 6. The van der Waals surface area contributed by atoms with Crippen molar-refractivity contribution in [3.05, 3.63) is 170 Å². The molecule has 0 atom stereocenters. The smallest absolute Gasteiger partial charge is 0.164 e. The van der Waals surface area contributed by atoms with Gasteiger partial charge in [-0.15, -0.1) is 11.3 Å². The maximum atomic E-state index is 5.04. The van der Waals surface area contributed by atoms with E-state index in [9.17, 15) is 0 Å². The third kappa shape index (κ3) is 4.79. The van der Waals surface area contributed by atoms with E-state index in [1.54, 1.807) is 0 Å². The van der Waals surface area contributed by atoms with Gasteiger partial charge in [-0.3, -0.25) is 0 Å². The largest absolute Gasteiger partial charge is 0.309 e. The lowest BCUT2D eigenvalue weighted by molar-refractivity contribution is 1.07. The van der Waals surface area contributed by atoms with E-state index in [-0.39, 0.29) is 0 Å². The molecule has 0 aliphatic rings. The van der Waals surface area contributed by atoms with E-state index in [4.69, 9.17) is 15.0 Å². The van der Waals surface area contributed by atoms with Crippen LogP contribution < -0.4 is 0 Å². The molecule has 0 fully saturated rings. The molecule has 3 aromatic heterocycles. The highest BCUT2D eigenvalue weighted by atomic mass is 32.1. The Morgan fingerprint density at radius 3 is 1.46 bits per heavy atom. The first kappa shape index (κ1) is 28.6. The number of aromatic nitrogens is 4. The molecule has 0 N–H and O–H groups in total. The quantitative estimate of drug-likeness (QED) is 0.185. The Hall–Kier alpha value is -6.43. The standard InChI is InChI=1S/C45H28N4S/c1-2-10-31(11-3-1)43-46-44(48-45(47-43)33-24-27-42-38(28-33)37-14-6-9-17-41(37)50-42)32-20-18-29(19-21-32)30-22-25-34(26-23-30)49-39-15-7-4-12-35(39)36-13-5-8-16-40(36)49/h1-28H. The van der Waals surface area contributed by atoms with Crippen LogP contribution in [0.1, 0.15) is 0 Å². The Labute approximate surface area is 292 Å². The lowest BCUT2D eigenvalue weighted by Crippen LogP contribution is -2.00. The van der Waals surface area contributed by atoms with Crippen molar-refractivity contribution in [1.29, 1.82) is 0 Å². The summed E-state index contributed by atoms with van der Waals surface area (Å²) in [6.45, 7) is 0. The highest BCUT2D eigenvalue weighted by Crippen LogP contribution is 2.37. The number of thiophene rings is 1. The van der Waals surface area contributed by atoms with Gasteiger partial charge in [0.2, 0.25) is 0 Å². The highest BCUT2D eigenvalue weighted by molar-refractivity contribution is 7.25. The Balaban J connectivity index is 1.02. The molecule has 4 nitrogen and oxygen atoms in total. The van der Waals surface area contributed by atoms with Gasteiger partial charge in [-0.1, -0.05) is 121 Å². The van der Waals surface area contributed by atoms with E-state index >= 15 is 0 Å². The van der Waals surface area contributed by atoms with Crippen molar-refractivity contribution in [2.45, 2.75) is 0 Å². The molecular formula is C45H28N4S. The van der Waals surface area contributed by atoms with Crippen LogP contribution in [-0.4, -0.2) is 19.5 Å². The summed E-state index contributed by atoms with van der Waals surface area (Å²) in [5, 5.41) is 5.01. The average Bonchev–Trinajstić information content (AvgIpc) is 3.74. The molecule has 0 saturated carbocycles. The summed E-state index contributed by atoms with van der Waals surface area (Å²) in [7, 11) is 0. The van der Waals surface area contributed by atoms with Crippen LogP contribution >= 0.6 is 11.3 Å². The van der Waals surface area contributed by atoms with Gasteiger partial charge >= 0.3 is 0 Å². The van der Waals surface area contributed by atoms with Crippen LogP contribution in [-0.2, 0) is 0 Å². The number of nitrogens with zero attached hydrogens (tertiary/aromatic N) is 4. The third-order valence-electron chi connectivity index (χ3n) is 9.48. The van der Waals surface area contributed by atoms with Gasteiger partial charge in [-0.2, -0.15) is 0 Å². The minimum Gasteiger partial charge on any atom is -0.309 e. The molecular weight excluding hydrogens is 629 g/mol. The minimum atomic E-state index is 0.650. The summed E-state index contributed by atoms with van der Waals surface area (Å²) in [5.74, 6) is 1.97. The van der Waals surface area contributed by atoms with E-state index in [0.29, 0.717) is 17.5 Å². The fraction of sp³-hybridized carbons (Fsp3) is 0. The van der Waals surface area contributed by atoms with Crippen molar-refractivity contribution in [2.75, 3.05) is 0 Å². The maximum Gasteiger partial charge on any atom is 0.164 e. The highest BCUT2D eigenvalue weighted by Gasteiger charge is 2.15. The van der Waals surface area contributed by atoms with Crippen LogP contribution in [0.15, 0.2) is 170 Å². The summed E-state index contributed by atoms with van der Waals surface area (Å²) in [5.41, 5.74) is 8.72. The molecule has 3 heterocycles. The summed E-state index contributed by atoms with van der Waals surface area (Å²) >= 11 is 1.81. The second-order valence-electron chi connectivity index (χ2n) is 12.5. The molecule has 10 rings (SSSR count). The minimum absolute atomic E-state index is 0.650. The Morgan fingerprint density at radius 2 is 0.800 bits per heavy atom. The predicted octanol–water partition coefficient (Wildman–Crippen LogP) is 12.0. The van der Waals surface area contributed by atoms with Crippen molar-refractivity contribution in [3.8, 4) is 51.0 Å². The van der Waals surface area contributed by atoms with Crippen molar-refractivity contribution in [1.82, 2.24) is 19.5 Å². The lowest BCUT2D eigenvalue weighted by Gasteiger charge is -2.10. The lowest BCUT2D eigenvalue weighted by atomic mass is 10.0. The number of para-hydroxylation sites is 2. The molecule has 0 bridgehead atoms. The van der Waals surface area contributed by atoms with E-state index in [1.165, 1.54) is 42.0 Å². The topological polar surface area (TPSA) is 43.6 Å². The van der Waals surface area contributed by atoms with Gasteiger partial charge in [0, 0.05) is 53.3 Å². The first-order valence-corrected chi connectivity index (χ1v) is 17.5. The van der Waals surface area contributed by atoms with Gasteiger partial charge in [-0.05, 0) is 59.7 Å². The van der Waals surface area contributed by atoms with Crippen LogP contribution in [0.3, 0.4) is 0 Å². The third-order valence-corrected chi connectivity index (χ3v) is 10.6. The zero-order valence-electron chi connectivity index (χ0n) is 26.9. The average molecular weight is 657 g/mol. The fourth-order valence-electron chi connectivity index (χ4n) is 7.03. The van der Waals surface area contributed by atoms with Crippen LogP contribution in [0, 0.1) is 0 Å². The molecule has 7 aromatic carbocycles. The van der Waals surface area contributed by atoms with Crippen molar-refractivity contribution in [2.24, 2.45) is 0 Å². The molecule has 0 saturated heterocycles. The molecule has 50 heavy (non-hydrogen) atoms. The van der Waals surface area contributed by atoms with Crippen molar-refractivity contribution >= 4 is 53.3 Å². The molecule has 0 radical (unpaired) electrons. The summed E-state index contributed by atoms with van der Waals surface area (Å²) in [6, 6.07) is 59.8. The number of benzene rings is 7. The fourth-order valence-corrected chi connectivity index (χ4v) is 8.12. The van der Waals surface area contributed by atoms with E-state index in [2.05, 4.69) is 144 Å². The van der Waals surface area contributed by atoms with Gasteiger partial charge in [0.25, 0.3) is 0 Å². The monoisotopic (exact) mass is 656 g/mol. The van der Waals surface area contributed by atoms with Gasteiger partial charge in [0.15, 0.2) is 17.5 Å². The molecule has 234 valence electrons. The second kappa shape index (κ2) is 11.6. The van der Waals surface area contributed by atoms with Gasteiger partial charge < -0.3 is 4.57 Å². The summed E-state index contributed by atoms with van der Waals surface area (Å²) < 4.78 is 4.88. The van der Waals surface area contributed by atoms with Crippen LogP contribution in [0.25, 0.3) is 93.0 Å². The normalized spacial score (nSPS) is 11.6. The first-order chi connectivity index (χ1) is 24.8. The Kier molecular flexibility index (Phi) is 6.64. The molecule has 10 aromatic rings. The zero-order chi connectivity index (χ0) is 33.0. The van der Waals surface area contributed by atoms with Crippen LogP contribution in [0.5, 0.6) is 0 Å². The van der Waals surface area contributed by atoms with Crippen molar-refractivity contribution in [3.63, 3.8) is 0 Å². The molecule has 0 amide bonds. The van der Waals surface area contributed by atoms with E-state index in [0.717, 1.165) is 33.5 Å². The van der Waals surface area contributed by atoms with Gasteiger partial charge in [0.1, 0.15) is 0 Å². The Bertz CT molecular complexity index is 2800. The SMILES string of the molecule is c1ccc(-c2nc(-c3ccc(-c4ccc(-n5c6ccccc6c6ccccc65)cc4)cc3)nc(-c3ccc4sc5ccccc5c4c3)n2)cc1. The van der Waals surface area contributed by atoms with Crippen LogP contribution in [0.2, 0.25) is 0 Å². The van der Waals surface area contributed by atoms with Crippen molar-refractivity contribution < 1.29 is 0 Å². The molecule has 0 spiro atoms. The maximum absolute atomic E-state index is 5.04. The zero-order valence-corrected chi connectivity index (χ0v) is 27.7. The summed E-state index contributed by atoms with van der Waals surface area (Å²) in [4.78, 5) is 15.0. The molecule has 5 heteroatoms. The first-order valence-electron chi connectivity index (χ1n) is 16.7. The van der Waals surface area contributed by atoms with Crippen LogP contribution in [0.4, 0.5) is 0 Å². The number of hydrogen-bond acceptors (Lipinski definition) is 4. The predicted molar refractivity (Wildman–Crippen MR) is 209 cm³/mol. The van der Waals surface area contributed by atoms with Gasteiger partial charge in [-0.25, -0.2) is 15.0 Å². The Morgan fingerprint density at radius 1 is 0.340 bits per heavy atom. The second-order valence-corrected chi connectivity index (χ2v) is 13.6. The summed E-state index contributed by atoms with van der Waals surface area (Å²) in [6.07, 6.45) is 0. The van der Waals surface area contributed by atoms with E-state index < -0.39 is 0 Å². The number of hydrogen-bond donors (Lipinski definition) is 0. The molecule has 0 aliphatic carbocycles. The number of rotatable bonds is 5. The van der Waals surface area contributed by atoms with E-state index in [1.807, 2.05) is 41.7 Å². The van der Waals surface area contributed by atoms with Gasteiger partial charge in [0.05, 0.1) is 11.0 Å². The molecule has 0 unspecified atom stereocenters.